The highest BCUT2D eigenvalue weighted by atomic mass is 32.1. The zero-order valence-electron chi connectivity index (χ0n) is 8.41. The number of nitrogens with zero attached hydrogens (tertiary/aromatic N) is 1. The zero-order valence-corrected chi connectivity index (χ0v) is 9.31. The van der Waals surface area contributed by atoms with E-state index in [9.17, 15) is 0 Å². The van der Waals surface area contributed by atoms with Gasteiger partial charge in [0.15, 0.2) is 0 Å². The third kappa shape index (κ3) is 1.18. The molecule has 0 bridgehead atoms. The summed E-state index contributed by atoms with van der Waals surface area (Å²) in [4.78, 5) is 1.02. The van der Waals surface area contributed by atoms with E-state index >= 15 is 0 Å². The van der Waals surface area contributed by atoms with Crippen molar-refractivity contribution >= 4 is 35.0 Å². The smallest absolute Gasteiger partial charge is 0.0488 e. The number of benzene rings is 1. The van der Waals surface area contributed by atoms with Crippen molar-refractivity contribution in [2.24, 2.45) is 7.05 Å². The van der Waals surface area contributed by atoms with Crippen LogP contribution in [0.5, 0.6) is 0 Å². The van der Waals surface area contributed by atoms with Crippen LogP contribution in [0.15, 0.2) is 24.3 Å². The molecule has 0 atom stereocenters. The fraction of sp³-hybridized carbons (Fsp3) is 0.167. The number of para-hydroxylation sites is 1. The van der Waals surface area contributed by atoms with Crippen molar-refractivity contribution in [1.29, 1.82) is 0 Å². The summed E-state index contributed by atoms with van der Waals surface area (Å²) in [7, 11) is 2.03. The van der Waals surface area contributed by atoms with Gasteiger partial charge < -0.3 is 4.57 Å². The lowest BCUT2D eigenvalue weighted by Gasteiger charge is -1.93. The van der Waals surface area contributed by atoms with Gasteiger partial charge in [-0.15, -0.1) is 12.6 Å². The summed E-state index contributed by atoms with van der Waals surface area (Å²) in [6.45, 7) is 6.07. The summed E-state index contributed by atoms with van der Waals surface area (Å²) < 4.78 is 2.10. The molecule has 2 rings (SSSR count). The highest BCUT2D eigenvalue weighted by molar-refractivity contribution is 7.90. The van der Waals surface area contributed by atoms with Crippen molar-refractivity contribution in [3.63, 3.8) is 0 Å². The molecule has 0 aliphatic heterocycles. The lowest BCUT2D eigenvalue weighted by atomic mass is 10.2. The van der Waals surface area contributed by atoms with Crippen LogP contribution >= 0.6 is 12.6 Å². The van der Waals surface area contributed by atoms with Gasteiger partial charge in [0, 0.05) is 28.5 Å². The lowest BCUT2D eigenvalue weighted by molar-refractivity contribution is 0.928. The lowest BCUT2D eigenvalue weighted by Crippen LogP contribution is -2.26. The predicted molar refractivity (Wildman–Crippen MR) is 65.8 cm³/mol. The number of rotatable bonds is 0. The van der Waals surface area contributed by atoms with E-state index < -0.39 is 0 Å². The summed E-state index contributed by atoms with van der Waals surface area (Å²) >= 11 is 4.41. The van der Waals surface area contributed by atoms with E-state index in [0.717, 1.165) is 15.5 Å². The second kappa shape index (κ2) is 3.21. The fourth-order valence-corrected chi connectivity index (χ4v) is 2.10. The van der Waals surface area contributed by atoms with Gasteiger partial charge in [-0.05, 0) is 17.9 Å². The average Bonchev–Trinajstić information content (AvgIpc) is 2.41. The van der Waals surface area contributed by atoms with Gasteiger partial charge in [-0.3, -0.25) is 0 Å². The van der Waals surface area contributed by atoms with Crippen LogP contribution in [0.4, 0.5) is 0 Å². The summed E-state index contributed by atoms with van der Waals surface area (Å²) in [5.41, 5.74) is 1.21. The number of thiol groups is 1. The van der Waals surface area contributed by atoms with E-state index in [4.69, 9.17) is 0 Å². The first-order valence-corrected chi connectivity index (χ1v) is 5.00. The zero-order chi connectivity index (χ0) is 10.3. The molecule has 0 unspecified atom stereocenters. The summed E-state index contributed by atoms with van der Waals surface area (Å²) in [6.07, 6.45) is 0. The first-order chi connectivity index (χ1) is 6.63. The van der Waals surface area contributed by atoms with E-state index in [0.29, 0.717) is 0 Å². The second-order valence-corrected chi connectivity index (χ2v) is 4.15. The van der Waals surface area contributed by atoms with Crippen LogP contribution in [0.1, 0.15) is 6.92 Å². The van der Waals surface area contributed by atoms with Crippen molar-refractivity contribution in [3.05, 3.63) is 34.8 Å². The number of hydrogen-bond donors (Lipinski definition) is 1. The molecule has 0 saturated carbocycles. The van der Waals surface area contributed by atoms with Crippen LogP contribution in [0, 0.1) is 0 Å². The van der Waals surface area contributed by atoms with Crippen LogP contribution in [-0.2, 0) is 7.05 Å². The van der Waals surface area contributed by atoms with Crippen molar-refractivity contribution in [2.75, 3.05) is 0 Å². The first-order valence-electron chi connectivity index (χ1n) is 4.55. The molecule has 0 N–H and O–H groups in total. The fourth-order valence-electron chi connectivity index (χ4n) is 1.85. The van der Waals surface area contributed by atoms with Gasteiger partial charge in [-0.2, -0.15) is 0 Å². The number of aryl methyl sites for hydroxylation is 1. The van der Waals surface area contributed by atoms with Gasteiger partial charge in [0.2, 0.25) is 0 Å². The molecule has 2 aromatic rings. The summed E-state index contributed by atoms with van der Waals surface area (Å²) in [5, 5.41) is 3.41. The summed E-state index contributed by atoms with van der Waals surface area (Å²) in [6, 6.07) is 8.30. The molecule has 0 amide bonds. The van der Waals surface area contributed by atoms with Crippen molar-refractivity contribution < 1.29 is 0 Å². The minimum absolute atomic E-state index is 1.02. The van der Waals surface area contributed by atoms with E-state index in [1.165, 1.54) is 10.9 Å². The van der Waals surface area contributed by atoms with E-state index in [-0.39, 0.29) is 0 Å². The third-order valence-corrected chi connectivity index (χ3v) is 2.81. The maximum atomic E-state index is 4.41. The molecule has 2 heteroatoms. The van der Waals surface area contributed by atoms with Crippen molar-refractivity contribution in [2.45, 2.75) is 6.92 Å². The topological polar surface area (TPSA) is 4.93 Å². The predicted octanol–water partition coefficient (Wildman–Crippen LogP) is 1.65. The average molecular weight is 203 g/mol. The molecule has 1 aromatic carbocycles. The van der Waals surface area contributed by atoms with Gasteiger partial charge in [-0.1, -0.05) is 24.8 Å². The van der Waals surface area contributed by atoms with E-state index in [1.54, 1.807) is 0 Å². The van der Waals surface area contributed by atoms with Gasteiger partial charge >= 0.3 is 0 Å². The Morgan fingerprint density at radius 1 is 1.36 bits per heavy atom. The Hall–Kier alpha value is -1.15. The van der Waals surface area contributed by atoms with Crippen molar-refractivity contribution in [3.8, 4) is 0 Å². The minimum Gasteiger partial charge on any atom is -0.344 e. The molecule has 1 nitrogen and oxygen atoms in total. The Morgan fingerprint density at radius 3 is 2.64 bits per heavy atom. The molecular formula is C12H13NS. The monoisotopic (exact) mass is 203 g/mol. The quantitative estimate of drug-likeness (QED) is 0.621. The normalized spacial score (nSPS) is 13.4. The van der Waals surface area contributed by atoms with Gasteiger partial charge in [-0.25, -0.2) is 0 Å². The number of hydrogen-bond acceptors (Lipinski definition) is 1. The molecule has 0 aliphatic rings. The first kappa shape index (κ1) is 9.41. The van der Waals surface area contributed by atoms with Gasteiger partial charge in [0.05, 0.1) is 0 Å². The van der Waals surface area contributed by atoms with E-state index in [1.807, 2.05) is 26.1 Å². The highest BCUT2D eigenvalue weighted by Crippen LogP contribution is 2.08. The van der Waals surface area contributed by atoms with Crippen LogP contribution in [-0.4, -0.2) is 4.57 Å². The van der Waals surface area contributed by atoms with Crippen molar-refractivity contribution in [1.82, 2.24) is 4.57 Å². The molecule has 0 radical (unpaired) electrons. The van der Waals surface area contributed by atoms with Gasteiger partial charge in [0.25, 0.3) is 0 Å². The molecule has 0 fully saturated rings. The van der Waals surface area contributed by atoms with Crippen LogP contribution in [0.3, 0.4) is 0 Å². The number of aromatic nitrogens is 1. The van der Waals surface area contributed by atoms with E-state index in [2.05, 4.69) is 35.9 Å². The van der Waals surface area contributed by atoms with Crippen LogP contribution in [0.2, 0.25) is 0 Å². The molecule has 72 valence electrons. The molecule has 0 aliphatic carbocycles. The molecule has 1 aromatic heterocycles. The van der Waals surface area contributed by atoms with Gasteiger partial charge in [0.1, 0.15) is 0 Å². The van der Waals surface area contributed by atoms with Crippen LogP contribution < -0.4 is 10.6 Å². The highest BCUT2D eigenvalue weighted by Gasteiger charge is 2.02. The Labute approximate surface area is 88.8 Å². The number of fused-ring (bicyclic) bond motifs is 1. The largest absolute Gasteiger partial charge is 0.344 e. The second-order valence-electron chi connectivity index (χ2n) is 3.48. The Morgan fingerprint density at radius 2 is 2.00 bits per heavy atom. The molecule has 0 spiro atoms. The minimum atomic E-state index is 1.02. The maximum Gasteiger partial charge on any atom is 0.0488 e. The Bertz CT molecular complexity index is 589. The van der Waals surface area contributed by atoms with Crippen LogP contribution in [0.25, 0.3) is 22.4 Å². The molecule has 1 heterocycles. The molecule has 0 saturated heterocycles. The SMILES string of the molecule is C=c1/c(=C(\C)S)c2ccccc2n1C. The molecular weight excluding hydrogens is 190 g/mol. The third-order valence-electron chi connectivity index (χ3n) is 2.59. The maximum absolute atomic E-state index is 4.41. The Balaban J connectivity index is 3.21. The standard InChI is InChI=1S/C12H13NS/c1-8-12(9(2)14)10-6-4-5-7-11(10)13(8)3/h4-7,14H,1H2,2-3H3/b12-9-. The Kier molecular flexibility index (Phi) is 2.16. The summed E-state index contributed by atoms with van der Waals surface area (Å²) in [5.74, 6) is 0. The molecule has 14 heavy (non-hydrogen) atoms.